The molecular formula is C56H37NO. The van der Waals surface area contributed by atoms with E-state index >= 15 is 0 Å². The van der Waals surface area contributed by atoms with Crippen LogP contribution in [0.5, 0.6) is 0 Å². The van der Waals surface area contributed by atoms with E-state index in [0.29, 0.717) is 5.89 Å². The minimum Gasteiger partial charge on any atom is -0.436 e. The van der Waals surface area contributed by atoms with Gasteiger partial charge in [0.1, 0.15) is 5.52 Å². The van der Waals surface area contributed by atoms with Crippen LogP contribution in [0.3, 0.4) is 0 Å². The van der Waals surface area contributed by atoms with Gasteiger partial charge in [-0.25, -0.2) is 4.98 Å². The maximum atomic E-state index is 6.08. The van der Waals surface area contributed by atoms with Crippen LogP contribution in [0.15, 0.2) is 192 Å². The van der Waals surface area contributed by atoms with Crippen molar-refractivity contribution in [2.75, 3.05) is 0 Å². The molecule has 0 N–H and O–H groups in total. The van der Waals surface area contributed by atoms with Crippen molar-refractivity contribution in [2.24, 2.45) is 0 Å². The molecule has 58 heavy (non-hydrogen) atoms. The molecule has 0 atom stereocenters. The normalized spacial score (nSPS) is 13.1. The fraction of sp³-hybridized carbons (Fsp3) is 0.0536. The average Bonchev–Trinajstić information content (AvgIpc) is 3.80. The molecule has 0 unspecified atom stereocenters. The molecule has 1 heterocycles. The summed E-state index contributed by atoms with van der Waals surface area (Å²) < 4.78 is 6.08. The summed E-state index contributed by atoms with van der Waals surface area (Å²) >= 11 is 0. The van der Waals surface area contributed by atoms with Gasteiger partial charge >= 0.3 is 0 Å². The Morgan fingerprint density at radius 1 is 0.379 bits per heavy atom. The van der Waals surface area contributed by atoms with E-state index in [9.17, 15) is 0 Å². The fourth-order valence-electron chi connectivity index (χ4n) is 9.70. The molecule has 0 amide bonds. The Kier molecular flexibility index (Phi) is 7.01. The van der Waals surface area contributed by atoms with Crippen molar-refractivity contribution in [1.82, 2.24) is 4.98 Å². The second kappa shape index (κ2) is 12.4. The Morgan fingerprint density at radius 3 is 1.55 bits per heavy atom. The van der Waals surface area contributed by atoms with Crippen LogP contribution in [0.25, 0.3) is 110 Å². The van der Waals surface area contributed by atoms with Crippen molar-refractivity contribution in [3.05, 3.63) is 199 Å². The first-order valence-corrected chi connectivity index (χ1v) is 20.1. The highest BCUT2D eigenvalue weighted by Gasteiger charge is 2.37. The van der Waals surface area contributed by atoms with Gasteiger partial charge in [0.25, 0.3) is 0 Å². The van der Waals surface area contributed by atoms with Crippen molar-refractivity contribution in [1.29, 1.82) is 0 Å². The number of hydrogen-bond acceptors (Lipinski definition) is 2. The summed E-state index contributed by atoms with van der Waals surface area (Å²) in [7, 11) is 0. The molecular weight excluding hydrogens is 703 g/mol. The molecule has 0 saturated heterocycles. The third-order valence-electron chi connectivity index (χ3n) is 12.7. The predicted octanol–water partition coefficient (Wildman–Crippen LogP) is 15.4. The van der Waals surface area contributed by atoms with E-state index in [2.05, 4.69) is 178 Å². The van der Waals surface area contributed by atoms with Crippen LogP contribution < -0.4 is 0 Å². The first kappa shape index (κ1) is 32.9. The van der Waals surface area contributed by atoms with Crippen LogP contribution >= 0.6 is 0 Å². The summed E-state index contributed by atoms with van der Waals surface area (Å²) in [4.78, 5) is 4.73. The minimum absolute atomic E-state index is 0.220. The SMILES string of the molecule is CC1(C)c2cc(-c3ccc(-c4nc5ccccc5o4)cc3)ccc2-c2cc3c(-c4ccc5ccccc5c4)c4ccccc4c(-c4ccc5ccccc5c4)c3cc21. The summed E-state index contributed by atoms with van der Waals surface area (Å²) in [5.41, 5.74) is 15.2. The molecule has 1 aromatic heterocycles. The zero-order valence-electron chi connectivity index (χ0n) is 32.3. The molecule has 0 saturated carbocycles. The molecule has 272 valence electrons. The van der Waals surface area contributed by atoms with Gasteiger partial charge in [-0.15, -0.1) is 0 Å². The Balaban J connectivity index is 1.07. The van der Waals surface area contributed by atoms with E-state index in [0.717, 1.165) is 16.7 Å². The van der Waals surface area contributed by atoms with Crippen LogP contribution in [0.1, 0.15) is 25.0 Å². The molecule has 11 aromatic rings. The predicted molar refractivity (Wildman–Crippen MR) is 243 cm³/mol. The minimum atomic E-state index is -0.220. The zero-order valence-corrected chi connectivity index (χ0v) is 32.3. The molecule has 0 fully saturated rings. The number of rotatable bonds is 4. The van der Waals surface area contributed by atoms with E-state index in [1.165, 1.54) is 98.7 Å². The maximum Gasteiger partial charge on any atom is 0.227 e. The lowest BCUT2D eigenvalue weighted by atomic mass is 9.79. The van der Waals surface area contributed by atoms with Crippen molar-refractivity contribution < 1.29 is 4.42 Å². The summed E-state index contributed by atoms with van der Waals surface area (Å²) in [5.74, 6) is 0.643. The second-order valence-corrected chi connectivity index (χ2v) is 16.3. The molecule has 0 bridgehead atoms. The van der Waals surface area contributed by atoms with E-state index in [1.807, 2.05) is 24.3 Å². The van der Waals surface area contributed by atoms with Crippen molar-refractivity contribution in [3.63, 3.8) is 0 Å². The smallest absolute Gasteiger partial charge is 0.227 e. The highest BCUT2D eigenvalue weighted by molar-refractivity contribution is 6.23. The first-order chi connectivity index (χ1) is 28.5. The summed E-state index contributed by atoms with van der Waals surface area (Å²) in [6.07, 6.45) is 0. The lowest BCUT2D eigenvalue weighted by Crippen LogP contribution is -2.15. The maximum absolute atomic E-state index is 6.08. The Labute approximate surface area is 336 Å². The quantitative estimate of drug-likeness (QED) is 0.168. The van der Waals surface area contributed by atoms with E-state index < -0.39 is 0 Å². The zero-order chi connectivity index (χ0) is 38.5. The number of para-hydroxylation sites is 2. The second-order valence-electron chi connectivity index (χ2n) is 16.3. The van der Waals surface area contributed by atoms with Gasteiger partial charge in [0.15, 0.2) is 5.58 Å². The van der Waals surface area contributed by atoms with Crippen LogP contribution in [0, 0.1) is 0 Å². The number of nitrogens with zero attached hydrogens (tertiary/aromatic N) is 1. The monoisotopic (exact) mass is 739 g/mol. The summed E-state index contributed by atoms with van der Waals surface area (Å²) in [6, 6.07) is 68.9. The lowest BCUT2D eigenvalue weighted by molar-refractivity contribution is 0.620. The number of oxazole rings is 1. The molecule has 1 aliphatic carbocycles. The van der Waals surface area contributed by atoms with Crippen LogP contribution in [-0.4, -0.2) is 4.98 Å². The molecule has 10 aromatic carbocycles. The third kappa shape index (κ3) is 4.95. The highest BCUT2D eigenvalue weighted by atomic mass is 16.3. The van der Waals surface area contributed by atoms with Gasteiger partial charge in [0.05, 0.1) is 0 Å². The Bertz CT molecular complexity index is 3440. The summed E-state index contributed by atoms with van der Waals surface area (Å²) in [5, 5.41) is 10.1. The van der Waals surface area contributed by atoms with Gasteiger partial charge < -0.3 is 4.42 Å². The molecule has 0 spiro atoms. The molecule has 2 heteroatoms. The lowest BCUT2D eigenvalue weighted by Gasteiger charge is -2.24. The first-order valence-electron chi connectivity index (χ1n) is 20.1. The number of hydrogen-bond donors (Lipinski definition) is 0. The molecule has 0 radical (unpaired) electrons. The van der Waals surface area contributed by atoms with Crippen molar-refractivity contribution >= 4 is 54.2 Å². The number of aromatic nitrogens is 1. The highest BCUT2D eigenvalue weighted by Crippen LogP contribution is 2.54. The molecule has 12 rings (SSSR count). The topological polar surface area (TPSA) is 26.0 Å². The standard InChI is InChI=1S/C56H37NO/c1-56(2)49-31-40(36-19-23-37(24-20-36)55-57-51-17-9-10-18-52(51)58-55)27-28-43(49)46-32-47-48(33-50(46)56)54(42-26-22-35-12-4-6-14-39(35)30-42)45-16-8-7-15-44(45)53(47)41-25-21-34-11-3-5-13-38(34)29-41/h3-33H,1-2H3. The number of benzene rings is 10. The molecule has 0 aliphatic heterocycles. The van der Waals surface area contributed by atoms with Crippen LogP contribution in [-0.2, 0) is 5.41 Å². The van der Waals surface area contributed by atoms with Gasteiger partial charge in [-0.1, -0.05) is 147 Å². The van der Waals surface area contributed by atoms with Crippen molar-refractivity contribution in [3.8, 4) is 56.0 Å². The largest absolute Gasteiger partial charge is 0.436 e. The average molecular weight is 740 g/mol. The van der Waals surface area contributed by atoms with Gasteiger partial charge in [-0.2, -0.15) is 0 Å². The Hall–Kier alpha value is -7.29. The van der Waals surface area contributed by atoms with Gasteiger partial charge in [0.2, 0.25) is 5.89 Å². The number of fused-ring (bicyclic) bond motifs is 8. The van der Waals surface area contributed by atoms with E-state index in [1.54, 1.807) is 0 Å². The van der Waals surface area contributed by atoms with Crippen molar-refractivity contribution in [2.45, 2.75) is 19.3 Å². The Morgan fingerprint density at radius 2 is 0.897 bits per heavy atom. The van der Waals surface area contributed by atoms with E-state index in [-0.39, 0.29) is 5.41 Å². The molecule has 2 nitrogen and oxygen atoms in total. The van der Waals surface area contributed by atoms with Crippen LogP contribution in [0.2, 0.25) is 0 Å². The fourth-order valence-corrected chi connectivity index (χ4v) is 9.70. The van der Waals surface area contributed by atoms with E-state index in [4.69, 9.17) is 9.40 Å². The van der Waals surface area contributed by atoms with Crippen LogP contribution in [0.4, 0.5) is 0 Å². The van der Waals surface area contributed by atoms with Gasteiger partial charge in [-0.05, 0) is 153 Å². The van der Waals surface area contributed by atoms with Gasteiger partial charge in [0, 0.05) is 11.0 Å². The summed E-state index contributed by atoms with van der Waals surface area (Å²) in [6.45, 7) is 4.79. The third-order valence-corrected chi connectivity index (χ3v) is 12.7. The molecule has 1 aliphatic rings. The van der Waals surface area contributed by atoms with Gasteiger partial charge in [-0.3, -0.25) is 0 Å².